The number of carboxylic acids is 2. The van der Waals surface area contributed by atoms with Crippen LogP contribution in [0.1, 0.15) is 60.8 Å². The van der Waals surface area contributed by atoms with Gasteiger partial charge in [0.1, 0.15) is 0 Å². The first-order valence-electron chi connectivity index (χ1n) is 7.27. The molecule has 0 radical (unpaired) electrons. The number of carbonyl (C=O) groups is 2. The molecule has 7 heteroatoms. The molecule has 0 aliphatic carbocycles. The number of aliphatic carboxylic acids is 2. The Morgan fingerprint density at radius 1 is 1.05 bits per heavy atom. The largest absolute Gasteiger partial charge is 0.481 e. The third-order valence-electron chi connectivity index (χ3n) is 2.85. The van der Waals surface area contributed by atoms with Crippen molar-refractivity contribution >= 4 is 11.9 Å². The highest BCUT2D eigenvalue weighted by Gasteiger charge is 2.43. The summed E-state index contributed by atoms with van der Waals surface area (Å²) in [5.41, 5.74) is -2.70. The van der Waals surface area contributed by atoms with E-state index in [-0.39, 0.29) is 0 Å². The second-order valence-corrected chi connectivity index (χ2v) is 5.20. The first-order valence-corrected chi connectivity index (χ1v) is 7.27. The number of hydrogen-bond donors (Lipinski definition) is 2. The number of rotatable bonds is 6. The maximum atomic E-state index is 12.9. The molecule has 0 rings (SSSR count). The first-order chi connectivity index (χ1) is 9.84. The fraction of sp³-hybridized carbons (Fsp3) is 0.867. The fourth-order valence-electron chi connectivity index (χ4n) is 0.815. The van der Waals surface area contributed by atoms with E-state index < -0.39 is 35.9 Å². The van der Waals surface area contributed by atoms with Crippen LogP contribution < -0.4 is 0 Å². The van der Waals surface area contributed by atoms with Crippen molar-refractivity contribution in [2.24, 2.45) is 5.92 Å². The van der Waals surface area contributed by atoms with Crippen molar-refractivity contribution in [3.8, 4) is 0 Å². The molecule has 134 valence electrons. The summed E-state index contributed by atoms with van der Waals surface area (Å²) in [6.07, 6.45) is 1.09. The van der Waals surface area contributed by atoms with Crippen molar-refractivity contribution in [3.63, 3.8) is 0 Å². The molecule has 4 unspecified atom stereocenters. The molecule has 0 spiro atoms. The van der Waals surface area contributed by atoms with E-state index in [1.807, 2.05) is 13.8 Å². The van der Waals surface area contributed by atoms with Gasteiger partial charge in [-0.3, -0.25) is 4.79 Å². The molecular formula is C15H29F3O4. The van der Waals surface area contributed by atoms with E-state index >= 15 is 0 Å². The van der Waals surface area contributed by atoms with Crippen molar-refractivity contribution in [1.29, 1.82) is 0 Å². The molecule has 0 saturated heterocycles. The van der Waals surface area contributed by atoms with Crippen LogP contribution in [-0.4, -0.2) is 40.2 Å². The molecule has 0 aromatic heterocycles. The van der Waals surface area contributed by atoms with Crippen LogP contribution in [0.3, 0.4) is 0 Å². The summed E-state index contributed by atoms with van der Waals surface area (Å²) in [7, 11) is 0. The van der Waals surface area contributed by atoms with Gasteiger partial charge in [0.25, 0.3) is 0 Å². The van der Waals surface area contributed by atoms with Gasteiger partial charge < -0.3 is 10.2 Å². The van der Waals surface area contributed by atoms with Gasteiger partial charge in [0.15, 0.2) is 0 Å². The molecule has 0 amide bonds. The predicted molar refractivity (Wildman–Crippen MR) is 80.3 cm³/mol. The lowest BCUT2D eigenvalue weighted by Crippen LogP contribution is -2.41. The smallest absolute Gasteiger partial charge is 0.342 e. The topological polar surface area (TPSA) is 74.6 Å². The van der Waals surface area contributed by atoms with E-state index in [1.54, 1.807) is 13.8 Å². The quantitative estimate of drug-likeness (QED) is 0.756. The predicted octanol–water partition coefficient (Wildman–Crippen LogP) is 4.42. The Bertz CT molecular complexity index is 305. The van der Waals surface area contributed by atoms with Crippen molar-refractivity contribution in [1.82, 2.24) is 0 Å². The van der Waals surface area contributed by atoms with E-state index in [0.29, 0.717) is 12.8 Å². The van der Waals surface area contributed by atoms with Crippen molar-refractivity contribution in [3.05, 3.63) is 0 Å². The lowest BCUT2D eigenvalue weighted by atomic mass is 9.93. The van der Waals surface area contributed by atoms with Gasteiger partial charge >= 0.3 is 11.9 Å². The summed E-state index contributed by atoms with van der Waals surface area (Å²) < 4.78 is 36.0. The lowest BCUT2D eigenvalue weighted by molar-refractivity contribution is -0.162. The number of halogens is 3. The van der Waals surface area contributed by atoms with Crippen LogP contribution in [0.15, 0.2) is 0 Å². The number of carboxylic acid groups (broad SMARTS) is 2. The average Bonchev–Trinajstić information content (AvgIpc) is 2.38. The summed E-state index contributed by atoms with van der Waals surface area (Å²) in [6.45, 7) is 8.69. The first kappa shape index (κ1) is 25.7. The highest BCUT2D eigenvalue weighted by atomic mass is 19.1. The molecule has 0 aliphatic rings. The minimum atomic E-state index is -2.70. The van der Waals surface area contributed by atoms with Gasteiger partial charge in [0, 0.05) is 0 Å². The lowest BCUT2D eigenvalue weighted by Gasteiger charge is -2.18. The normalized spacial score (nSPS) is 16.6. The van der Waals surface area contributed by atoms with Crippen molar-refractivity contribution < 1.29 is 33.0 Å². The Labute approximate surface area is 130 Å². The van der Waals surface area contributed by atoms with Gasteiger partial charge in [-0.05, 0) is 40.5 Å². The second-order valence-electron chi connectivity index (χ2n) is 5.20. The van der Waals surface area contributed by atoms with Crippen LogP contribution in [0.4, 0.5) is 13.2 Å². The Morgan fingerprint density at radius 3 is 1.45 bits per heavy atom. The molecule has 0 aliphatic heterocycles. The van der Waals surface area contributed by atoms with E-state index in [9.17, 15) is 22.8 Å². The van der Waals surface area contributed by atoms with E-state index in [2.05, 4.69) is 0 Å². The summed E-state index contributed by atoms with van der Waals surface area (Å²) in [4.78, 5) is 20.3. The zero-order chi connectivity index (χ0) is 18.5. The molecule has 0 saturated carbocycles. The molecule has 0 fully saturated rings. The Morgan fingerprint density at radius 2 is 1.41 bits per heavy atom. The monoisotopic (exact) mass is 330 g/mol. The standard InChI is InChI=1S/C6H9FO4.C5H11F.C4H9F/c1-3(4(8)9)6(2,7)5(10)11;1-3-4-5(2)6;1-3-4(2)5/h3H,1-2H3,(H,8,9)(H,10,11);5H,3-4H2,1-2H3;4H,3H2,1-2H3. The average molecular weight is 330 g/mol. The van der Waals surface area contributed by atoms with Crippen LogP contribution in [0.25, 0.3) is 0 Å². The molecule has 2 N–H and O–H groups in total. The fourth-order valence-corrected chi connectivity index (χ4v) is 0.815. The maximum Gasteiger partial charge on any atom is 0.342 e. The summed E-state index contributed by atoms with van der Waals surface area (Å²) in [5, 5.41) is 16.5. The van der Waals surface area contributed by atoms with Gasteiger partial charge in [0.2, 0.25) is 5.67 Å². The number of hydrogen-bond acceptors (Lipinski definition) is 2. The van der Waals surface area contributed by atoms with E-state index in [0.717, 1.165) is 20.3 Å². The molecule has 0 aromatic rings. The van der Waals surface area contributed by atoms with E-state index in [4.69, 9.17) is 10.2 Å². The zero-order valence-corrected chi connectivity index (χ0v) is 14.2. The summed E-state index contributed by atoms with van der Waals surface area (Å²) in [6, 6.07) is 0. The van der Waals surface area contributed by atoms with Crippen LogP contribution in [0.5, 0.6) is 0 Å². The van der Waals surface area contributed by atoms with Crippen LogP contribution in [-0.2, 0) is 9.59 Å². The molecule has 0 bridgehead atoms. The highest BCUT2D eigenvalue weighted by molar-refractivity contribution is 5.84. The Hall–Kier alpha value is -1.27. The Balaban J connectivity index is -0.000000277. The van der Waals surface area contributed by atoms with Crippen LogP contribution in [0, 0.1) is 5.92 Å². The summed E-state index contributed by atoms with van der Waals surface area (Å²) >= 11 is 0. The van der Waals surface area contributed by atoms with Crippen molar-refractivity contribution in [2.45, 2.75) is 78.8 Å². The SMILES string of the molecule is CC(C(=O)O)C(C)(F)C(=O)O.CCC(C)F.CCCC(C)F. The second kappa shape index (κ2) is 13.4. The highest BCUT2D eigenvalue weighted by Crippen LogP contribution is 2.21. The van der Waals surface area contributed by atoms with Crippen LogP contribution in [0.2, 0.25) is 0 Å². The van der Waals surface area contributed by atoms with Gasteiger partial charge in [-0.1, -0.05) is 20.3 Å². The Kier molecular flexibility index (Phi) is 15.6. The van der Waals surface area contributed by atoms with Crippen LogP contribution >= 0.6 is 0 Å². The molecule has 0 aromatic carbocycles. The van der Waals surface area contributed by atoms with Gasteiger partial charge in [-0.25, -0.2) is 18.0 Å². The maximum absolute atomic E-state index is 12.9. The molecule has 4 nitrogen and oxygen atoms in total. The minimum absolute atomic E-state index is 0.602. The van der Waals surface area contributed by atoms with Gasteiger partial charge in [-0.2, -0.15) is 0 Å². The van der Waals surface area contributed by atoms with Crippen molar-refractivity contribution in [2.75, 3.05) is 0 Å². The third-order valence-corrected chi connectivity index (χ3v) is 2.85. The zero-order valence-electron chi connectivity index (χ0n) is 14.2. The molecule has 22 heavy (non-hydrogen) atoms. The molecule has 4 atom stereocenters. The third kappa shape index (κ3) is 15.1. The molecule has 0 heterocycles. The summed E-state index contributed by atoms with van der Waals surface area (Å²) in [5.74, 6) is -4.76. The van der Waals surface area contributed by atoms with Gasteiger partial charge in [0.05, 0.1) is 18.3 Å². The number of alkyl halides is 3. The minimum Gasteiger partial charge on any atom is -0.481 e. The van der Waals surface area contributed by atoms with Gasteiger partial charge in [-0.15, -0.1) is 0 Å². The van der Waals surface area contributed by atoms with E-state index in [1.165, 1.54) is 0 Å². The molecular weight excluding hydrogens is 301 g/mol.